The van der Waals surface area contributed by atoms with Gasteiger partial charge >= 0.3 is 0 Å². The SMILES string of the molecule is Cc1cccc(C(N)=S)c1N1CCC(C(C)(C)C)CC1. The van der Waals surface area contributed by atoms with Crippen molar-refractivity contribution in [2.24, 2.45) is 17.1 Å². The standard InChI is InChI=1S/C17H26N2S/c1-12-6-5-7-14(16(18)20)15(12)19-10-8-13(9-11-19)17(2,3)4/h5-7,13H,8-11H2,1-4H3,(H2,18,20). The van der Waals surface area contributed by atoms with Crippen molar-refractivity contribution in [1.82, 2.24) is 0 Å². The molecule has 1 aromatic rings. The second kappa shape index (κ2) is 5.72. The monoisotopic (exact) mass is 290 g/mol. The number of piperidine rings is 1. The molecule has 1 fully saturated rings. The van der Waals surface area contributed by atoms with Gasteiger partial charge in [0.1, 0.15) is 4.99 Å². The van der Waals surface area contributed by atoms with Crippen LogP contribution in [0, 0.1) is 18.3 Å². The van der Waals surface area contributed by atoms with Crippen molar-refractivity contribution in [3.05, 3.63) is 29.3 Å². The third kappa shape index (κ3) is 3.14. The molecule has 2 nitrogen and oxygen atoms in total. The fraction of sp³-hybridized carbons (Fsp3) is 0.588. The van der Waals surface area contributed by atoms with Crippen LogP contribution in [0.2, 0.25) is 0 Å². The number of anilines is 1. The molecule has 3 heteroatoms. The van der Waals surface area contributed by atoms with Crippen LogP contribution in [0.3, 0.4) is 0 Å². The Morgan fingerprint density at radius 3 is 2.35 bits per heavy atom. The summed E-state index contributed by atoms with van der Waals surface area (Å²) in [5, 5.41) is 0. The topological polar surface area (TPSA) is 29.3 Å². The van der Waals surface area contributed by atoms with E-state index in [1.54, 1.807) is 0 Å². The molecule has 0 atom stereocenters. The maximum absolute atomic E-state index is 5.89. The lowest BCUT2D eigenvalue weighted by Crippen LogP contribution is -2.39. The molecule has 1 saturated heterocycles. The molecule has 1 aliphatic rings. The van der Waals surface area contributed by atoms with Crippen molar-refractivity contribution >= 4 is 22.9 Å². The van der Waals surface area contributed by atoms with Gasteiger partial charge in [-0.1, -0.05) is 45.1 Å². The summed E-state index contributed by atoms with van der Waals surface area (Å²) in [6.07, 6.45) is 2.49. The second-order valence-electron chi connectivity index (χ2n) is 6.96. The molecule has 2 rings (SSSR count). The first-order valence-electron chi connectivity index (χ1n) is 7.45. The fourth-order valence-electron chi connectivity index (χ4n) is 3.25. The molecule has 2 N–H and O–H groups in total. The first kappa shape index (κ1) is 15.3. The van der Waals surface area contributed by atoms with E-state index in [-0.39, 0.29) is 0 Å². The Bertz CT molecular complexity index is 494. The third-order valence-corrected chi connectivity index (χ3v) is 4.76. The van der Waals surface area contributed by atoms with Gasteiger partial charge in [-0.15, -0.1) is 0 Å². The van der Waals surface area contributed by atoms with Gasteiger partial charge in [-0.05, 0) is 42.7 Å². The van der Waals surface area contributed by atoms with E-state index in [4.69, 9.17) is 18.0 Å². The summed E-state index contributed by atoms with van der Waals surface area (Å²) in [7, 11) is 0. The van der Waals surface area contributed by atoms with Gasteiger partial charge in [0.25, 0.3) is 0 Å². The van der Waals surface area contributed by atoms with Gasteiger partial charge in [-0.25, -0.2) is 0 Å². The minimum Gasteiger partial charge on any atom is -0.389 e. The van der Waals surface area contributed by atoms with E-state index < -0.39 is 0 Å². The Kier molecular flexibility index (Phi) is 4.38. The predicted molar refractivity (Wildman–Crippen MR) is 91.5 cm³/mol. The molecule has 0 unspecified atom stereocenters. The number of nitrogens with zero attached hydrogens (tertiary/aromatic N) is 1. The minimum absolute atomic E-state index is 0.407. The Hall–Kier alpha value is -1.09. The van der Waals surface area contributed by atoms with Gasteiger partial charge < -0.3 is 10.6 Å². The van der Waals surface area contributed by atoms with Crippen molar-refractivity contribution < 1.29 is 0 Å². The van der Waals surface area contributed by atoms with E-state index in [0.717, 1.165) is 24.6 Å². The summed E-state index contributed by atoms with van der Waals surface area (Å²) in [4.78, 5) is 2.97. The number of rotatable bonds is 2. The van der Waals surface area contributed by atoms with Crippen molar-refractivity contribution in [2.45, 2.75) is 40.5 Å². The van der Waals surface area contributed by atoms with Gasteiger partial charge in [-0.3, -0.25) is 0 Å². The lowest BCUT2D eigenvalue weighted by molar-refractivity contribution is 0.199. The molecule has 0 amide bonds. The van der Waals surface area contributed by atoms with Crippen LogP contribution in [-0.2, 0) is 0 Å². The van der Waals surface area contributed by atoms with E-state index >= 15 is 0 Å². The van der Waals surface area contributed by atoms with Gasteiger partial charge in [0.15, 0.2) is 0 Å². The maximum atomic E-state index is 5.89. The Balaban J connectivity index is 2.21. The van der Waals surface area contributed by atoms with E-state index in [1.165, 1.54) is 24.1 Å². The van der Waals surface area contributed by atoms with Crippen LogP contribution in [0.15, 0.2) is 18.2 Å². The molecule has 0 spiro atoms. The van der Waals surface area contributed by atoms with Gasteiger partial charge in [0.2, 0.25) is 0 Å². The Morgan fingerprint density at radius 1 is 1.25 bits per heavy atom. The molecular formula is C17H26N2S. The Morgan fingerprint density at radius 2 is 1.85 bits per heavy atom. The van der Waals surface area contributed by atoms with E-state index in [0.29, 0.717) is 10.4 Å². The number of aryl methyl sites for hydroxylation is 1. The highest BCUT2D eigenvalue weighted by Gasteiger charge is 2.29. The molecule has 0 bridgehead atoms. The average Bonchev–Trinajstić information content (AvgIpc) is 2.37. The first-order valence-corrected chi connectivity index (χ1v) is 7.86. The Labute approximate surface area is 128 Å². The summed E-state index contributed by atoms with van der Waals surface area (Å²) in [5.74, 6) is 0.802. The summed E-state index contributed by atoms with van der Waals surface area (Å²) in [6, 6.07) is 6.22. The molecular weight excluding hydrogens is 264 g/mol. The summed E-state index contributed by atoms with van der Waals surface area (Å²) in [5.41, 5.74) is 9.83. The minimum atomic E-state index is 0.407. The van der Waals surface area contributed by atoms with Crippen molar-refractivity contribution in [3.8, 4) is 0 Å². The zero-order chi connectivity index (χ0) is 14.9. The van der Waals surface area contributed by atoms with Crippen molar-refractivity contribution in [1.29, 1.82) is 0 Å². The van der Waals surface area contributed by atoms with Gasteiger partial charge in [0.05, 0.1) is 0 Å². The van der Waals surface area contributed by atoms with Gasteiger partial charge in [-0.2, -0.15) is 0 Å². The number of nitrogens with two attached hydrogens (primary N) is 1. The predicted octanol–water partition coefficient (Wildman–Crippen LogP) is 3.89. The number of hydrogen-bond acceptors (Lipinski definition) is 2. The third-order valence-electron chi connectivity index (χ3n) is 4.54. The lowest BCUT2D eigenvalue weighted by atomic mass is 9.75. The van der Waals surface area contributed by atoms with Gasteiger partial charge in [0, 0.05) is 24.3 Å². The normalized spacial score (nSPS) is 17.3. The summed E-state index contributed by atoms with van der Waals surface area (Å²) in [6.45, 7) is 11.4. The molecule has 0 saturated carbocycles. The average molecular weight is 290 g/mol. The molecule has 1 aliphatic heterocycles. The highest BCUT2D eigenvalue weighted by atomic mass is 32.1. The van der Waals surface area contributed by atoms with Crippen LogP contribution >= 0.6 is 12.2 Å². The number of para-hydroxylation sites is 1. The van der Waals surface area contributed by atoms with Crippen LogP contribution < -0.4 is 10.6 Å². The molecule has 0 aromatic heterocycles. The molecule has 110 valence electrons. The van der Waals surface area contributed by atoms with Crippen LogP contribution in [0.1, 0.15) is 44.7 Å². The molecule has 1 heterocycles. The zero-order valence-corrected chi connectivity index (χ0v) is 13.9. The largest absolute Gasteiger partial charge is 0.389 e. The van der Waals surface area contributed by atoms with E-state index in [9.17, 15) is 0 Å². The first-order chi connectivity index (χ1) is 9.30. The molecule has 20 heavy (non-hydrogen) atoms. The van der Waals surface area contributed by atoms with Crippen molar-refractivity contribution in [2.75, 3.05) is 18.0 Å². The van der Waals surface area contributed by atoms with Crippen LogP contribution in [0.4, 0.5) is 5.69 Å². The smallest absolute Gasteiger partial charge is 0.106 e. The quantitative estimate of drug-likeness (QED) is 0.838. The molecule has 0 radical (unpaired) electrons. The second-order valence-corrected chi connectivity index (χ2v) is 7.40. The van der Waals surface area contributed by atoms with Crippen LogP contribution in [0.25, 0.3) is 0 Å². The summed E-state index contributed by atoms with van der Waals surface area (Å²) >= 11 is 5.21. The van der Waals surface area contributed by atoms with Crippen molar-refractivity contribution in [3.63, 3.8) is 0 Å². The maximum Gasteiger partial charge on any atom is 0.106 e. The van der Waals surface area contributed by atoms with E-state index in [2.05, 4.69) is 38.7 Å². The number of benzene rings is 1. The highest BCUT2D eigenvalue weighted by Crippen LogP contribution is 2.37. The lowest BCUT2D eigenvalue weighted by Gasteiger charge is -2.40. The van der Waals surface area contributed by atoms with Crippen LogP contribution in [0.5, 0.6) is 0 Å². The number of hydrogen-bond donors (Lipinski definition) is 1. The molecule has 0 aliphatic carbocycles. The van der Waals surface area contributed by atoms with Crippen LogP contribution in [-0.4, -0.2) is 18.1 Å². The number of thiocarbonyl (C=S) groups is 1. The fourth-order valence-corrected chi connectivity index (χ4v) is 3.41. The summed E-state index contributed by atoms with van der Waals surface area (Å²) < 4.78 is 0. The highest BCUT2D eigenvalue weighted by molar-refractivity contribution is 7.80. The van der Waals surface area contributed by atoms with E-state index in [1.807, 2.05) is 12.1 Å². The molecule has 1 aromatic carbocycles. The zero-order valence-electron chi connectivity index (χ0n) is 13.1.